The molecule has 20 heavy (non-hydrogen) atoms. The van der Waals surface area contributed by atoms with Crippen molar-refractivity contribution in [2.75, 3.05) is 19.6 Å². The fourth-order valence-electron chi connectivity index (χ4n) is 2.00. The third kappa shape index (κ3) is 2.70. The zero-order valence-electron chi connectivity index (χ0n) is 10.8. The summed E-state index contributed by atoms with van der Waals surface area (Å²) in [5.74, 6) is 0.0314. The van der Waals surface area contributed by atoms with Gasteiger partial charge in [0.15, 0.2) is 5.69 Å². The van der Waals surface area contributed by atoms with Crippen LogP contribution in [0.5, 0.6) is 0 Å². The molecule has 1 aliphatic rings. The lowest BCUT2D eigenvalue weighted by Crippen LogP contribution is -2.48. The Kier molecular flexibility index (Phi) is 3.47. The number of carbonyl (C=O) groups excluding carboxylic acids is 1. The first-order valence-corrected chi connectivity index (χ1v) is 6.53. The quantitative estimate of drug-likeness (QED) is 0.873. The molecule has 6 heteroatoms. The van der Waals surface area contributed by atoms with Gasteiger partial charge in [-0.1, -0.05) is 0 Å². The number of benzene rings is 1. The van der Waals surface area contributed by atoms with Crippen LogP contribution in [0.15, 0.2) is 36.5 Å². The molecule has 0 saturated carbocycles. The number of hydrogen-bond acceptors (Lipinski definition) is 3. The minimum Gasteiger partial charge on any atom is -0.350 e. The van der Waals surface area contributed by atoms with E-state index < -0.39 is 0 Å². The van der Waals surface area contributed by atoms with E-state index in [1.165, 1.54) is 12.1 Å². The maximum atomic E-state index is 12.9. The molecule has 1 amide bonds. The largest absolute Gasteiger partial charge is 0.350 e. The molecule has 2 heterocycles. The summed E-state index contributed by atoms with van der Waals surface area (Å²) >= 11 is 0. The minimum atomic E-state index is -0.298. The number of nitrogens with zero attached hydrogens (tertiary/aromatic N) is 2. The zero-order chi connectivity index (χ0) is 13.9. The van der Waals surface area contributed by atoms with Gasteiger partial charge in [0.25, 0.3) is 5.91 Å². The third-order valence-electron chi connectivity index (χ3n) is 3.33. The normalized spacial score (nSPS) is 14.8. The monoisotopic (exact) mass is 274 g/mol. The molecule has 1 saturated heterocycles. The second-order valence-electron chi connectivity index (χ2n) is 4.86. The highest BCUT2D eigenvalue weighted by Gasteiger charge is 2.18. The topological polar surface area (TPSA) is 59.0 Å². The zero-order valence-corrected chi connectivity index (χ0v) is 10.8. The number of halogens is 1. The van der Waals surface area contributed by atoms with Gasteiger partial charge in [0.05, 0.1) is 5.69 Å². The van der Waals surface area contributed by atoms with Crippen molar-refractivity contribution in [1.29, 1.82) is 0 Å². The maximum absolute atomic E-state index is 12.9. The van der Waals surface area contributed by atoms with Crippen molar-refractivity contribution in [1.82, 2.24) is 20.4 Å². The molecule has 1 aromatic heterocycles. The third-order valence-corrected chi connectivity index (χ3v) is 3.33. The molecule has 0 radical (unpaired) electrons. The van der Waals surface area contributed by atoms with Crippen molar-refractivity contribution in [2.45, 2.75) is 0 Å². The van der Waals surface area contributed by atoms with Crippen LogP contribution in [-0.2, 0) is 0 Å². The van der Waals surface area contributed by atoms with Crippen LogP contribution in [0, 0.1) is 11.7 Å². The van der Waals surface area contributed by atoms with Crippen LogP contribution in [-0.4, -0.2) is 35.3 Å². The van der Waals surface area contributed by atoms with Gasteiger partial charge >= 0.3 is 0 Å². The van der Waals surface area contributed by atoms with Crippen molar-refractivity contribution in [3.8, 4) is 5.69 Å². The molecule has 0 aliphatic carbocycles. The second kappa shape index (κ2) is 5.42. The molecule has 0 spiro atoms. The Hall–Kier alpha value is -2.21. The molecule has 2 N–H and O–H groups in total. The Balaban J connectivity index is 1.66. The SMILES string of the molecule is O=C(NCC1CNC1)c1ccn(-c2ccc(F)cc2)n1. The molecule has 0 unspecified atom stereocenters. The first-order valence-electron chi connectivity index (χ1n) is 6.53. The highest BCUT2D eigenvalue weighted by Crippen LogP contribution is 2.09. The van der Waals surface area contributed by atoms with E-state index in [4.69, 9.17) is 0 Å². The van der Waals surface area contributed by atoms with E-state index >= 15 is 0 Å². The van der Waals surface area contributed by atoms with Gasteiger partial charge in [-0.3, -0.25) is 4.79 Å². The summed E-state index contributed by atoms with van der Waals surface area (Å²) in [7, 11) is 0. The van der Waals surface area contributed by atoms with Gasteiger partial charge in [-0.05, 0) is 30.3 Å². The number of carbonyl (C=O) groups is 1. The number of nitrogens with one attached hydrogen (secondary N) is 2. The van der Waals surface area contributed by atoms with E-state index in [-0.39, 0.29) is 11.7 Å². The van der Waals surface area contributed by atoms with Crippen LogP contribution >= 0.6 is 0 Å². The highest BCUT2D eigenvalue weighted by atomic mass is 19.1. The van der Waals surface area contributed by atoms with Crippen LogP contribution in [0.25, 0.3) is 5.69 Å². The number of amides is 1. The summed E-state index contributed by atoms with van der Waals surface area (Å²) in [5, 5.41) is 10.2. The molecule has 3 rings (SSSR count). The standard InChI is InChI=1S/C14H15FN4O/c15-11-1-3-12(4-2-11)19-6-5-13(18-19)14(20)17-9-10-7-16-8-10/h1-6,10,16H,7-9H2,(H,17,20). The van der Waals surface area contributed by atoms with Gasteiger partial charge in [0, 0.05) is 31.7 Å². The van der Waals surface area contributed by atoms with Crippen LogP contribution in [0.1, 0.15) is 10.5 Å². The molecule has 1 aromatic carbocycles. The van der Waals surface area contributed by atoms with Gasteiger partial charge in [-0.25, -0.2) is 9.07 Å². The lowest BCUT2D eigenvalue weighted by atomic mass is 10.0. The van der Waals surface area contributed by atoms with E-state index in [1.54, 1.807) is 29.1 Å². The Bertz CT molecular complexity index is 604. The maximum Gasteiger partial charge on any atom is 0.271 e. The molecule has 104 valence electrons. The van der Waals surface area contributed by atoms with Gasteiger partial charge in [0.2, 0.25) is 0 Å². The lowest BCUT2D eigenvalue weighted by Gasteiger charge is -2.26. The van der Waals surface area contributed by atoms with E-state index in [1.807, 2.05) is 0 Å². The van der Waals surface area contributed by atoms with Crippen LogP contribution < -0.4 is 10.6 Å². The highest BCUT2D eigenvalue weighted by molar-refractivity contribution is 5.92. The van der Waals surface area contributed by atoms with Crippen molar-refractivity contribution >= 4 is 5.91 Å². The van der Waals surface area contributed by atoms with Crippen molar-refractivity contribution in [2.24, 2.45) is 5.92 Å². The molecular weight excluding hydrogens is 259 g/mol. The number of aromatic nitrogens is 2. The van der Waals surface area contributed by atoms with Crippen LogP contribution in [0.2, 0.25) is 0 Å². The molecule has 5 nitrogen and oxygen atoms in total. The summed E-state index contributed by atoms with van der Waals surface area (Å²) in [5.41, 5.74) is 1.08. The van der Waals surface area contributed by atoms with Crippen molar-refractivity contribution in [3.63, 3.8) is 0 Å². The summed E-state index contributed by atoms with van der Waals surface area (Å²) in [6.45, 7) is 2.56. The Morgan fingerprint density at radius 2 is 2.10 bits per heavy atom. The smallest absolute Gasteiger partial charge is 0.271 e. The minimum absolute atomic E-state index is 0.183. The molecule has 1 aliphatic heterocycles. The number of hydrogen-bond donors (Lipinski definition) is 2. The Morgan fingerprint density at radius 1 is 1.35 bits per heavy atom. The summed E-state index contributed by atoms with van der Waals surface area (Å²) < 4.78 is 14.4. The second-order valence-corrected chi connectivity index (χ2v) is 4.86. The fraction of sp³-hybridized carbons (Fsp3) is 0.286. The van der Waals surface area contributed by atoms with Gasteiger partial charge in [-0.2, -0.15) is 5.10 Å². The first kappa shape index (κ1) is 12.8. The van der Waals surface area contributed by atoms with Crippen molar-refractivity contribution < 1.29 is 9.18 Å². The van der Waals surface area contributed by atoms with Crippen LogP contribution in [0.4, 0.5) is 4.39 Å². The van der Waals surface area contributed by atoms with Gasteiger partial charge < -0.3 is 10.6 Å². The summed E-state index contributed by atoms with van der Waals surface area (Å²) in [6.07, 6.45) is 1.69. The fourth-order valence-corrected chi connectivity index (χ4v) is 2.00. The molecule has 1 fully saturated rings. The van der Waals surface area contributed by atoms with E-state index in [2.05, 4.69) is 15.7 Å². The van der Waals surface area contributed by atoms with E-state index in [9.17, 15) is 9.18 Å². The Labute approximate surface area is 115 Å². The molecule has 0 atom stereocenters. The molecular formula is C14H15FN4O. The lowest BCUT2D eigenvalue weighted by molar-refractivity contribution is 0.0937. The summed E-state index contributed by atoms with van der Waals surface area (Å²) in [4.78, 5) is 11.9. The van der Waals surface area contributed by atoms with E-state index in [0.717, 1.165) is 13.1 Å². The van der Waals surface area contributed by atoms with Crippen LogP contribution in [0.3, 0.4) is 0 Å². The first-order chi connectivity index (χ1) is 9.72. The average molecular weight is 274 g/mol. The molecule has 0 bridgehead atoms. The number of rotatable bonds is 4. The summed E-state index contributed by atoms with van der Waals surface area (Å²) in [6, 6.07) is 7.60. The Morgan fingerprint density at radius 3 is 2.75 bits per heavy atom. The predicted molar refractivity (Wildman–Crippen MR) is 72.2 cm³/mol. The van der Waals surface area contributed by atoms with Crippen molar-refractivity contribution in [3.05, 3.63) is 48.0 Å². The molecule has 2 aromatic rings. The van der Waals surface area contributed by atoms with Gasteiger partial charge in [0.1, 0.15) is 5.82 Å². The predicted octanol–water partition coefficient (Wildman–Crippen LogP) is 0.961. The van der Waals surface area contributed by atoms with Gasteiger partial charge in [-0.15, -0.1) is 0 Å². The average Bonchev–Trinajstić information content (AvgIpc) is 2.87. The van der Waals surface area contributed by atoms with E-state index in [0.29, 0.717) is 23.8 Å².